The van der Waals surface area contributed by atoms with Gasteiger partial charge < -0.3 is 14.9 Å². The van der Waals surface area contributed by atoms with E-state index in [0.29, 0.717) is 0 Å². The highest BCUT2D eigenvalue weighted by Gasteiger charge is 2.13. The Balaban J connectivity index is 2.00. The zero-order valence-electron chi connectivity index (χ0n) is 11.8. The second-order valence-corrected chi connectivity index (χ2v) is 5.06. The molecule has 1 aromatic rings. The van der Waals surface area contributed by atoms with Crippen LogP contribution in [0.15, 0.2) is 24.4 Å². The zero-order chi connectivity index (χ0) is 14.4. The van der Waals surface area contributed by atoms with Crippen LogP contribution in [0.2, 0.25) is 0 Å². The van der Waals surface area contributed by atoms with E-state index in [1.807, 2.05) is 19.2 Å². The highest BCUT2D eigenvalue weighted by molar-refractivity contribution is 5.86. The molecule has 0 spiro atoms. The van der Waals surface area contributed by atoms with E-state index in [9.17, 15) is 4.79 Å². The number of carboxylic acids is 1. The number of aliphatic carboxylic acids is 1. The van der Waals surface area contributed by atoms with Crippen molar-refractivity contribution in [2.75, 3.05) is 38.1 Å². The fourth-order valence-electron chi connectivity index (χ4n) is 2.42. The van der Waals surface area contributed by atoms with Gasteiger partial charge in [0.2, 0.25) is 0 Å². The smallest absolute Gasteiger partial charge is 0.328 e. The molecule has 0 atom stereocenters. The van der Waals surface area contributed by atoms with Crippen molar-refractivity contribution in [3.63, 3.8) is 0 Å². The van der Waals surface area contributed by atoms with Gasteiger partial charge in [0, 0.05) is 38.0 Å². The normalized spacial score (nSPS) is 15.8. The molecule has 0 amide bonds. The van der Waals surface area contributed by atoms with Gasteiger partial charge in [-0.15, -0.1) is 0 Å². The Morgan fingerprint density at radius 3 is 2.95 bits per heavy atom. The number of likely N-dealkylation sites (tertiary alicyclic amines) is 1. The van der Waals surface area contributed by atoms with Crippen molar-refractivity contribution in [1.29, 1.82) is 0 Å². The largest absolute Gasteiger partial charge is 0.478 e. The Bertz CT molecular complexity index is 482. The molecule has 0 unspecified atom stereocenters. The van der Waals surface area contributed by atoms with Crippen LogP contribution in [0.25, 0.3) is 6.08 Å². The summed E-state index contributed by atoms with van der Waals surface area (Å²) in [6.45, 7) is 4.28. The lowest BCUT2D eigenvalue weighted by atomic mass is 10.2. The Labute approximate surface area is 119 Å². The van der Waals surface area contributed by atoms with E-state index < -0.39 is 5.97 Å². The van der Waals surface area contributed by atoms with E-state index in [1.54, 1.807) is 12.3 Å². The second-order valence-electron chi connectivity index (χ2n) is 5.06. The van der Waals surface area contributed by atoms with Gasteiger partial charge in [-0.25, -0.2) is 9.78 Å². The molecular weight excluding hydrogens is 254 g/mol. The van der Waals surface area contributed by atoms with Crippen molar-refractivity contribution in [2.24, 2.45) is 0 Å². The standard InChI is InChI=1S/C15H21N3O2/c1-17(11-12-18-9-2-3-10-18)15-13(5-4-8-16-15)6-7-14(19)20/h4-8H,2-3,9-12H2,1H3,(H,19,20)/b7-6+. The van der Waals surface area contributed by atoms with Crippen LogP contribution >= 0.6 is 0 Å². The molecule has 0 bridgehead atoms. The molecule has 1 aliphatic heterocycles. The zero-order valence-corrected chi connectivity index (χ0v) is 11.8. The molecular formula is C15H21N3O2. The highest BCUT2D eigenvalue weighted by Crippen LogP contribution is 2.17. The maximum Gasteiger partial charge on any atom is 0.328 e. The first-order valence-corrected chi connectivity index (χ1v) is 6.96. The monoisotopic (exact) mass is 275 g/mol. The lowest BCUT2D eigenvalue weighted by molar-refractivity contribution is -0.131. The molecule has 2 rings (SSSR count). The Kier molecular flexibility index (Phi) is 5.12. The van der Waals surface area contributed by atoms with Crippen LogP contribution in [0.4, 0.5) is 5.82 Å². The van der Waals surface area contributed by atoms with Crippen molar-refractivity contribution in [3.8, 4) is 0 Å². The number of hydrogen-bond donors (Lipinski definition) is 1. The molecule has 5 nitrogen and oxygen atoms in total. The second kappa shape index (κ2) is 7.05. The molecule has 1 saturated heterocycles. The summed E-state index contributed by atoms with van der Waals surface area (Å²) in [6.07, 6.45) is 7.06. The van der Waals surface area contributed by atoms with Gasteiger partial charge in [-0.2, -0.15) is 0 Å². The Morgan fingerprint density at radius 1 is 1.50 bits per heavy atom. The van der Waals surface area contributed by atoms with E-state index in [0.717, 1.165) is 30.5 Å². The van der Waals surface area contributed by atoms with Crippen molar-refractivity contribution in [1.82, 2.24) is 9.88 Å². The molecule has 0 aliphatic carbocycles. The summed E-state index contributed by atoms with van der Waals surface area (Å²) in [5.74, 6) is -0.122. The van der Waals surface area contributed by atoms with Gasteiger partial charge in [-0.1, -0.05) is 0 Å². The third-order valence-electron chi connectivity index (χ3n) is 3.53. The Morgan fingerprint density at radius 2 is 2.25 bits per heavy atom. The number of rotatable bonds is 6. The lowest BCUT2D eigenvalue weighted by Crippen LogP contribution is -2.32. The minimum atomic E-state index is -0.945. The van der Waals surface area contributed by atoms with Crippen LogP contribution in [0, 0.1) is 0 Å². The molecule has 0 saturated carbocycles. The molecule has 20 heavy (non-hydrogen) atoms. The number of carbonyl (C=O) groups is 1. The van der Waals surface area contributed by atoms with Crippen LogP contribution in [0.5, 0.6) is 0 Å². The van der Waals surface area contributed by atoms with E-state index in [-0.39, 0.29) is 0 Å². The third-order valence-corrected chi connectivity index (χ3v) is 3.53. The maximum absolute atomic E-state index is 10.6. The highest BCUT2D eigenvalue weighted by atomic mass is 16.4. The molecule has 108 valence electrons. The van der Waals surface area contributed by atoms with Crippen LogP contribution in [-0.2, 0) is 4.79 Å². The average molecular weight is 275 g/mol. The van der Waals surface area contributed by atoms with Gasteiger partial charge in [0.25, 0.3) is 0 Å². The number of carboxylic acid groups (broad SMARTS) is 1. The van der Waals surface area contributed by atoms with Gasteiger partial charge in [-0.05, 0) is 44.1 Å². The number of likely N-dealkylation sites (N-methyl/N-ethyl adjacent to an activating group) is 1. The summed E-state index contributed by atoms with van der Waals surface area (Å²) in [7, 11) is 2.00. The topological polar surface area (TPSA) is 56.7 Å². The number of hydrogen-bond acceptors (Lipinski definition) is 4. The molecule has 0 aromatic carbocycles. The average Bonchev–Trinajstić information content (AvgIpc) is 2.96. The van der Waals surface area contributed by atoms with Crippen molar-refractivity contribution in [3.05, 3.63) is 30.0 Å². The summed E-state index contributed by atoms with van der Waals surface area (Å²) in [6, 6.07) is 3.70. The van der Waals surface area contributed by atoms with Gasteiger partial charge in [-0.3, -0.25) is 0 Å². The SMILES string of the molecule is CN(CCN1CCCC1)c1ncccc1/C=C/C(=O)O. The summed E-state index contributed by atoms with van der Waals surface area (Å²) in [4.78, 5) is 19.5. The number of anilines is 1. The predicted octanol–water partition coefficient (Wildman–Crippen LogP) is 1.71. The molecule has 1 N–H and O–H groups in total. The van der Waals surface area contributed by atoms with E-state index in [1.165, 1.54) is 25.9 Å². The minimum Gasteiger partial charge on any atom is -0.478 e. The van der Waals surface area contributed by atoms with Crippen LogP contribution in [-0.4, -0.2) is 54.2 Å². The lowest BCUT2D eigenvalue weighted by Gasteiger charge is -2.23. The summed E-state index contributed by atoms with van der Waals surface area (Å²) in [5, 5.41) is 8.72. The Hall–Kier alpha value is -1.88. The molecule has 2 heterocycles. The van der Waals surface area contributed by atoms with Crippen LogP contribution < -0.4 is 4.90 Å². The van der Waals surface area contributed by atoms with Crippen LogP contribution in [0.3, 0.4) is 0 Å². The molecule has 1 aliphatic rings. The van der Waals surface area contributed by atoms with Gasteiger partial charge >= 0.3 is 5.97 Å². The predicted molar refractivity (Wildman–Crippen MR) is 79.9 cm³/mol. The first-order valence-electron chi connectivity index (χ1n) is 6.96. The van der Waals surface area contributed by atoms with Crippen molar-refractivity contribution >= 4 is 17.9 Å². The fourth-order valence-corrected chi connectivity index (χ4v) is 2.42. The molecule has 1 fully saturated rings. The number of aromatic nitrogens is 1. The first kappa shape index (κ1) is 14.5. The van der Waals surface area contributed by atoms with Gasteiger partial charge in [0.1, 0.15) is 5.82 Å². The van der Waals surface area contributed by atoms with E-state index in [2.05, 4.69) is 14.8 Å². The number of pyridine rings is 1. The van der Waals surface area contributed by atoms with Crippen molar-refractivity contribution < 1.29 is 9.90 Å². The summed E-state index contributed by atoms with van der Waals surface area (Å²) < 4.78 is 0. The molecule has 5 heteroatoms. The molecule has 0 radical (unpaired) electrons. The number of nitrogens with zero attached hydrogens (tertiary/aromatic N) is 3. The third kappa shape index (κ3) is 4.06. The first-order chi connectivity index (χ1) is 9.66. The molecule has 1 aromatic heterocycles. The van der Waals surface area contributed by atoms with Crippen molar-refractivity contribution in [2.45, 2.75) is 12.8 Å². The van der Waals surface area contributed by atoms with E-state index in [4.69, 9.17) is 5.11 Å². The van der Waals surface area contributed by atoms with Gasteiger partial charge in [0.15, 0.2) is 0 Å². The quantitative estimate of drug-likeness (QED) is 0.801. The van der Waals surface area contributed by atoms with Gasteiger partial charge in [0.05, 0.1) is 0 Å². The summed E-state index contributed by atoms with van der Waals surface area (Å²) >= 11 is 0. The van der Waals surface area contributed by atoms with E-state index >= 15 is 0 Å². The fraction of sp³-hybridized carbons (Fsp3) is 0.467. The maximum atomic E-state index is 10.6. The minimum absolute atomic E-state index is 0.823. The summed E-state index contributed by atoms with van der Waals surface area (Å²) in [5.41, 5.74) is 0.832. The van der Waals surface area contributed by atoms with Crippen LogP contribution in [0.1, 0.15) is 18.4 Å².